The van der Waals surface area contributed by atoms with Crippen molar-refractivity contribution in [2.75, 3.05) is 13.2 Å². The highest BCUT2D eigenvalue weighted by Crippen LogP contribution is 2.44. The molecule has 1 fully saturated rings. The Bertz CT molecular complexity index is 1010. The molecule has 0 radical (unpaired) electrons. The minimum Gasteiger partial charge on any atom is -0.481 e. The van der Waals surface area contributed by atoms with Crippen LogP contribution < -0.4 is 10.6 Å². The third-order valence-electron chi connectivity index (χ3n) is 6.40. The molecule has 180 valence electrons. The topological polar surface area (TPSA) is 114 Å². The predicted octanol–water partition coefficient (Wildman–Crippen LogP) is 3.44. The summed E-state index contributed by atoms with van der Waals surface area (Å²) in [6.45, 7) is 2.43. The molecule has 1 unspecified atom stereocenters. The van der Waals surface area contributed by atoms with Gasteiger partial charge in [-0.3, -0.25) is 9.59 Å². The first-order valence-corrected chi connectivity index (χ1v) is 11.7. The van der Waals surface area contributed by atoms with Crippen molar-refractivity contribution in [1.82, 2.24) is 10.6 Å². The van der Waals surface area contributed by atoms with Gasteiger partial charge in [0.25, 0.3) is 5.91 Å². The number of carboxylic acid groups (broad SMARTS) is 1. The number of carbonyl (C=O) groups is 3. The summed E-state index contributed by atoms with van der Waals surface area (Å²) in [7, 11) is 0. The van der Waals surface area contributed by atoms with Gasteiger partial charge in [0.1, 0.15) is 6.61 Å². The molecular formula is C26H30N2O6. The summed E-state index contributed by atoms with van der Waals surface area (Å²) >= 11 is 0. The molecule has 2 aliphatic rings. The summed E-state index contributed by atoms with van der Waals surface area (Å²) in [4.78, 5) is 36.4. The van der Waals surface area contributed by atoms with Crippen LogP contribution in [-0.2, 0) is 19.1 Å². The number of carboxylic acids is 1. The van der Waals surface area contributed by atoms with E-state index in [1.54, 1.807) is 0 Å². The maximum Gasteiger partial charge on any atom is 0.407 e. The number of benzene rings is 2. The SMILES string of the molecule is CCCC(CC(=O)O)NC(=O)[C@@H]1OCC[C@@H]1NC(=O)OCC1c2ccccc2-c2ccccc21. The number of hydrogen-bond donors (Lipinski definition) is 3. The lowest BCUT2D eigenvalue weighted by Crippen LogP contribution is -2.51. The van der Waals surface area contributed by atoms with Crippen molar-refractivity contribution >= 4 is 18.0 Å². The molecule has 8 nitrogen and oxygen atoms in total. The van der Waals surface area contributed by atoms with Crippen LogP contribution >= 0.6 is 0 Å². The summed E-state index contributed by atoms with van der Waals surface area (Å²) in [5.41, 5.74) is 4.55. The third kappa shape index (κ3) is 5.22. The first-order chi connectivity index (χ1) is 16.5. The van der Waals surface area contributed by atoms with Crippen molar-refractivity contribution in [3.63, 3.8) is 0 Å². The number of fused-ring (bicyclic) bond motifs is 3. The monoisotopic (exact) mass is 466 g/mol. The van der Waals surface area contributed by atoms with E-state index in [9.17, 15) is 14.4 Å². The summed E-state index contributed by atoms with van der Waals surface area (Å²) in [5, 5.41) is 14.6. The van der Waals surface area contributed by atoms with Gasteiger partial charge in [-0.1, -0.05) is 61.9 Å². The largest absolute Gasteiger partial charge is 0.481 e. The van der Waals surface area contributed by atoms with E-state index in [2.05, 4.69) is 34.9 Å². The summed E-state index contributed by atoms with van der Waals surface area (Å²) in [6.07, 6.45) is 0.121. The van der Waals surface area contributed by atoms with Crippen LogP contribution in [0, 0.1) is 0 Å². The Hall–Kier alpha value is -3.39. The summed E-state index contributed by atoms with van der Waals surface area (Å²) < 4.78 is 11.1. The van der Waals surface area contributed by atoms with E-state index >= 15 is 0 Å². The van der Waals surface area contributed by atoms with Gasteiger partial charge in [-0.15, -0.1) is 0 Å². The normalized spacial score (nSPS) is 19.7. The fourth-order valence-electron chi connectivity index (χ4n) is 4.86. The molecule has 1 saturated heterocycles. The molecule has 1 aliphatic carbocycles. The lowest BCUT2D eigenvalue weighted by molar-refractivity contribution is -0.138. The number of rotatable bonds is 9. The average Bonchev–Trinajstić information content (AvgIpc) is 3.40. The predicted molar refractivity (Wildman–Crippen MR) is 125 cm³/mol. The van der Waals surface area contributed by atoms with Gasteiger partial charge in [0.15, 0.2) is 6.10 Å². The van der Waals surface area contributed by atoms with Gasteiger partial charge in [0, 0.05) is 18.6 Å². The van der Waals surface area contributed by atoms with Gasteiger partial charge in [-0.05, 0) is 35.1 Å². The molecule has 4 rings (SSSR count). The highest BCUT2D eigenvalue weighted by molar-refractivity contribution is 5.84. The Morgan fingerprint density at radius 1 is 1.09 bits per heavy atom. The van der Waals surface area contributed by atoms with Crippen molar-refractivity contribution in [3.8, 4) is 11.1 Å². The van der Waals surface area contributed by atoms with E-state index in [0.29, 0.717) is 19.4 Å². The Kier molecular flexibility index (Phi) is 7.47. The lowest BCUT2D eigenvalue weighted by Gasteiger charge is -2.23. The van der Waals surface area contributed by atoms with E-state index in [1.165, 1.54) is 0 Å². The van der Waals surface area contributed by atoms with E-state index in [1.807, 2.05) is 31.2 Å². The highest BCUT2D eigenvalue weighted by atomic mass is 16.6. The number of amides is 2. The number of hydrogen-bond acceptors (Lipinski definition) is 5. The molecule has 2 aromatic rings. The molecule has 2 amide bonds. The van der Waals surface area contributed by atoms with E-state index in [4.69, 9.17) is 14.6 Å². The van der Waals surface area contributed by atoms with E-state index < -0.39 is 36.2 Å². The van der Waals surface area contributed by atoms with Gasteiger partial charge in [-0.2, -0.15) is 0 Å². The van der Waals surface area contributed by atoms with Crippen molar-refractivity contribution in [2.45, 2.75) is 56.7 Å². The molecule has 3 N–H and O–H groups in total. The summed E-state index contributed by atoms with van der Waals surface area (Å²) in [6, 6.07) is 15.2. The number of alkyl carbamates (subject to hydrolysis) is 1. The number of aliphatic carboxylic acids is 1. The maximum absolute atomic E-state index is 12.7. The molecule has 0 aromatic heterocycles. The van der Waals surface area contributed by atoms with E-state index in [-0.39, 0.29) is 18.9 Å². The van der Waals surface area contributed by atoms with Crippen LogP contribution in [0.15, 0.2) is 48.5 Å². The zero-order chi connectivity index (χ0) is 24.1. The molecule has 0 bridgehead atoms. The number of nitrogens with one attached hydrogen (secondary N) is 2. The molecule has 0 saturated carbocycles. The molecule has 2 aromatic carbocycles. The van der Waals surface area contributed by atoms with E-state index in [0.717, 1.165) is 28.7 Å². The second-order valence-electron chi connectivity index (χ2n) is 8.75. The van der Waals surface area contributed by atoms with Crippen LogP contribution in [0.4, 0.5) is 4.79 Å². The van der Waals surface area contributed by atoms with Crippen LogP contribution in [0.2, 0.25) is 0 Å². The molecule has 0 spiro atoms. The third-order valence-corrected chi connectivity index (χ3v) is 6.40. The van der Waals surface area contributed by atoms with Crippen LogP contribution in [0.5, 0.6) is 0 Å². The lowest BCUT2D eigenvalue weighted by atomic mass is 9.98. The zero-order valence-corrected chi connectivity index (χ0v) is 19.2. The number of ether oxygens (including phenoxy) is 2. The first kappa shape index (κ1) is 23.8. The van der Waals surface area contributed by atoms with Crippen LogP contribution in [0.25, 0.3) is 11.1 Å². The van der Waals surface area contributed by atoms with Gasteiger partial charge in [0.05, 0.1) is 12.5 Å². The quantitative estimate of drug-likeness (QED) is 0.522. The van der Waals surface area contributed by atoms with Crippen molar-refractivity contribution in [3.05, 3.63) is 59.7 Å². The minimum absolute atomic E-state index is 0.0529. The minimum atomic E-state index is -0.973. The summed E-state index contributed by atoms with van der Waals surface area (Å²) in [5.74, 6) is -1.44. The molecule has 8 heteroatoms. The molecule has 1 heterocycles. The van der Waals surface area contributed by atoms with Gasteiger partial charge in [-0.25, -0.2) is 4.79 Å². The van der Waals surface area contributed by atoms with Gasteiger partial charge < -0.3 is 25.2 Å². The fraction of sp³-hybridized carbons (Fsp3) is 0.423. The second-order valence-corrected chi connectivity index (χ2v) is 8.75. The van der Waals surface area contributed by atoms with Crippen LogP contribution in [-0.4, -0.2) is 54.5 Å². The molecule has 1 aliphatic heterocycles. The molecule has 34 heavy (non-hydrogen) atoms. The molecule has 3 atom stereocenters. The Morgan fingerprint density at radius 2 is 1.74 bits per heavy atom. The zero-order valence-electron chi connectivity index (χ0n) is 19.2. The molecular weight excluding hydrogens is 436 g/mol. The van der Waals surface area contributed by atoms with Gasteiger partial charge in [0.2, 0.25) is 0 Å². The average molecular weight is 467 g/mol. The Morgan fingerprint density at radius 3 is 2.35 bits per heavy atom. The van der Waals surface area contributed by atoms with Crippen molar-refractivity contribution in [1.29, 1.82) is 0 Å². The number of carbonyl (C=O) groups excluding carboxylic acids is 2. The van der Waals surface area contributed by atoms with Crippen molar-refractivity contribution < 1.29 is 29.0 Å². The highest BCUT2D eigenvalue weighted by Gasteiger charge is 2.37. The maximum atomic E-state index is 12.7. The second kappa shape index (κ2) is 10.7. The van der Waals surface area contributed by atoms with Crippen LogP contribution in [0.1, 0.15) is 49.7 Å². The Balaban J connectivity index is 1.35. The standard InChI is InChI=1S/C26H30N2O6/c1-2-7-16(14-23(29)30)27-25(31)24-22(12-13-33-24)28-26(32)34-15-21-19-10-5-3-8-17(19)18-9-4-6-11-20(18)21/h3-6,8-11,16,21-22,24H,2,7,12-15H2,1H3,(H,27,31)(H,28,32)(H,29,30)/t16?,22-,24+/m0/s1. The first-order valence-electron chi connectivity index (χ1n) is 11.7. The van der Waals surface area contributed by atoms with Gasteiger partial charge >= 0.3 is 12.1 Å². The fourth-order valence-corrected chi connectivity index (χ4v) is 4.86. The van der Waals surface area contributed by atoms with Crippen molar-refractivity contribution in [2.24, 2.45) is 0 Å². The Labute approximate surface area is 198 Å². The van der Waals surface area contributed by atoms with Crippen LogP contribution in [0.3, 0.4) is 0 Å². The smallest absolute Gasteiger partial charge is 0.407 e.